The number of cyclic esters (lactones) is 1. The molecule has 0 spiro atoms. The van der Waals surface area contributed by atoms with Crippen molar-refractivity contribution in [2.24, 2.45) is 0 Å². The van der Waals surface area contributed by atoms with Crippen molar-refractivity contribution in [3.05, 3.63) is 53.8 Å². The van der Waals surface area contributed by atoms with Crippen molar-refractivity contribution >= 4 is 29.3 Å². The van der Waals surface area contributed by atoms with Gasteiger partial charge in [0.2, 0.25) is 11.8 Å². The number of aromatic hydroxyl groups is 1. The van der Waals surface area contributed by atoms with Crippen LogP contribution in [0.2, 0.25) is 0 Å². The highest BCUT2D eigenvalue weighted by atomic mass is 19.1. The quantitative estimate of drug-likeness (QED) is 0.397. The number of piperazine rings is 1. The van der Waals surface area contributed by atoms with Crippen LogP contribution in [0.1, 0.15) is 38.2 Å². The highest BCUT2D eigenvalue weighted by Crippen LogP contribution is 2.28. The number of benzene rings is 2. The van der Waals surface area contributed by atoms with Gasteiger partial charge in [-0.05, 0) is 49.2 Å². The maximum atomic E-state index is 15.0. The van der Waals surface area contributed by atoms with Crippen LogP contribution in [0.5, 0.6) is 5.75 Å². The molecule has 2 N–H and O–H groups in total. The zero-order valence-electron chi connectivity index (χ0n) is 22.0. The van der Waals surface area contributed by atoms with Crippen LogP contribution in [0.25, 0.3) is 0 Å². The van der Waals surface area contributed by atoms with Crippen LogP contribution in [0.15, 0.2) is 42.5 Å². The van der Waals surface area contributed by atoms with E-state index in [2.05, 4.69) is 17.2 Å². The summed E-state index contributed by atoms with van der Waals surface area (Å²) in [5.74, 6) is 5.71. The monoisotopic (exact) mass is 536 g/mol. The van der Waals surface area contributed by atoms with Crippen LogP contribution < -0.4 is 15.1 Å². The number of halogens is 1. The molecule has 0 radical (unpaired) electrons. The van der Waals surface area contributed by atoms with E-state index in [-0.39, 0.29) is 30.7 Å². The molecule has 1 atom stereocenters. The van der Waals surface area contributed by atoms with E-state index in [0.29, 0.717) is 50.4 Å². The molecule has 2 heterocycles. The summed E-state index contributed by atoms with van der Waals surface area (Å²) in [6.45, 7) is 3.88. The Morgan fingerprint density at radius 1 is 1.13 bits per heavy atom. The smallest absolute Gasteiger partial charge is 0.414 e. The highest BCUT2D eigenvalue weighted by molar-refractivity contribution is 5.90. The normalized spacial score (nSPS) is 16.9. The lowest BCUT2D eigenvalue weighted by molar-refractivity contribution is -0.131. The fraction of sp³-hybridized carbons (Fsp3) is 0.414. The molecule has 4 rings (SSSR count). The predicted molar refractivity (Wildman–Crippen MR) is 145 cm³/mol. The van der Waals surface area contributed by atoms with Gasteiger partial charge in [-0.2, -0.15) is 0 Å². The number of hydrogen-bond donors (Lipinski definition) is 2. The first-order valence-corrected chi connectivity index (χ1v) is 13.1. The summed E-state index contributed by atoms with van der Waals surface area (Å²) in [7, 11) is 0. The van der Waals surface area contributed by atoms with E-state index in [0.717, 1.165) is 18.4 Å². The number of hydrogen-bond acceptors (Lipinski definition) is 6. The Balaban J connectivity index is 1.20. The minimum atomic E-state index is -0.576. The molecule has 3 amide bonds. The summed E-state index contributed by atoms with van der Waals surface area (Å²) in [5.41, 5.74) is 1.59. The summed E-state index contributed by atoms with van der Waals surface area (Å²) in [5, 5.41) is 12.1. The Bertz CT molecular complexity index is 1270. The van der Waals surface area contributed by atoms with Crippen LogP contribution in [-0.4, -0.2) is 73.3 Å². The van der Waals surface area contributed by atoms with Gasteiger partial charge in [-0.3, -0.25) is 14.5 Å². The Hall–Kier alpha value is -4.26. The number of phenols is 1. The molecule has 2 aromatic carbocycles. The third kappa shape index (κ3) is 7.63. The molecule has 2 aliphatic rings. The minimum absolute atomic E-state index is 0.0905. The fourth-order valence-corrected chi connectivity index (χ4v) is 4.61. The summed E-state index contributed by atoms with van der Waals surface area (Å²) in [6, 6.07) is 11.5. The van der Waals surface area contributed by atoms with E-state index in [9.17, 15) is 19.5 Å². The van der Waals surface area contributed by atoms with E-state index in [4.69, 9.17) is 4.74 Å². The molecule has 0 unspecified atom stereocenters. The molecule has 2 fully saturated rings. The minimum Gasteiger partial charge on any atom is -0.508 e. The van der Waals surface area contributed by atoms with E-state index < -0.39 is 18.0 Å². The maximum absolute atomic E-state index is 15.0. The lowest BCUT2D eigenvalue weighted by Gasteiger charge is -2.36. The molecule has 10 heteroatoms. The zero-order chi connectivity index (χ0) is 27.8. The number of nitrogens with one attached hydrogen (secondary N) is 1. The maximum Gasteiger partial charge on any atom is 0.414 e. The van der Waals surface area contributed by atoms with E-state index in [1.54, 1.807) is 30.3 Å². The Morgan fingerprint density at radius 2 is 1.92 bits per heavy atom. The lowest BCUT2D eigenvalue weighted by atomic mass is 10.1. The topological polar surface area (TPSA) is 102 Å². The van der Waals surface area contributed by atoms with Gasteiger partial charge in [-0.25, -0.2) is 9.18 Å². The molecule has 2 aromatic rings. The van der Waals surface area contributed by atoms with Gasteiger partial charge >= 0.3 is 6.09 Å². The first-order chi connectivity index (χ1) is 18.8. The molecule has 9 nitrogen and oxygen atoms in total. The van der Waals surface area contributed by atoms with Gasteiger partial charge in [0.15, 0.2) is 0 Å². The van der Waals surface area contributed by atoms with Gasteiger partial charge in [0.1, 0.15) is 17.7 Å². The summed E-state index contributed by atoms with van der Waals surface area (Å²) >= 11 is 0. The Morgan fingerprint density at radius 3 is 2.64 bits per heavy atom. The average molecular weight is 537 g/mol. The van der Waals surface area contributed by atoms with Crippen LogP contribution in [0.4, 0.5) is 20.6 Å². The molecular formula is C29H33FN4O5. The fourth-order valence-electron chi connectivity index (χ4n) is 4.61. The van der Waals surface area contributed by atoms with Crippen LogP contribution in [0, 0.1) is 17.7 Å². The first-order valence-electron chi connectivity index (χ1n) is 13.1. The molecule has 0 aromatic heterocycles. The van der Waals surface area contributed by atoms with Gasteiger partial charge in [0.05, 0.1) is 24.5 Å². The van der Waals surface area contributed by atoms with E-state index in [1.807, 2.05) is 15.9 Å². The number of carbonyl (C=O) groups excluding carboxylic acids is 3. The number of ether oxygens (including phenoxy) is 1. The molecular weight excluding hydrogens is 503 g/mol. The standard InChI is InChI=1S/C29H33FN4O5/c1-21(35)31-19-25-20-34(29(38)39-25)23-11-12-27(26(30)18-23)32-13-15-33(16-14-32)28(37)10-5-3-2-4-7-22-8-6-9-24(36)17-22/h6,8-9,11-12,17-18,25,36H,2-3,5,10,13-16,19-20H2,1H3,(H,31,35)/t25-/m0/s1. The van der Waals surface area contributed by atoms with Crippen molar-refractivity contribution < 1.29 is 28.6 Å². The summed E-state index contributed by atoms with van der Waals surface area (Å²) < 4.78 is 20.3. The number of amides is 3. The summed E-state index contributed by atoms with van der Waals surface area (Å²) in [4.78, 5) is 41.0. The van der Waals surface area contributed by atoms with Gasteiger partial charge < -0.3 is 25.0 Å². The van der Waals surface area contributed by atoms with Crippen molar-refractivity contribution in [3.8, 4) is 17.6 Å². The average Bonchev–Trinajstić information content (AvgIpc) is 3.30. The highest BCUT2D eigenvalue weighted by Gasteiger charge is 2.33. The van der Waals surface area contributed by atoms with Gasteiger partial charge in [0.25, 0.3) is 0 Å². The van der Waals surface area contributed by atoms with Gasteiger partial charge in [-0.15, -0.1) is 0 Å². The Kier molecular flexibility index (Phi) is 9.26. The molecule has 0 bridgehead atoms. The second kappa shape index (κ2) is 13.0. The molecule has 2 aliphatic heterocycles. The molecule has 0 aliphatic carbocycles. The second-order valence-electron chi connectivity index (χ2n) is 9.62. The SMILES string of the molecule is CC(=O)NC[C@H]1CN(c2ccc(N3CCN(C(=O)CCCCC#Cc4cccc(O)c4)CC3)c(F)c2)C(=O)O1. The van der Waals surface area contributed by atoms with Crippen LogP contribution >= 0.6 is 0 Å². The van der Waals surface area contributed by atoms with Crippen molar-refractivity contribution in [1.29, 1.82) is 0 Å². The molecule has 206 valence electrons. The van der Waals surface area contributed by atoms with E-state index >= 15 is 4.39 Å². The largest absolute Gasteiger partial charge is 0.508 e. The zero-order valence-corrected chi connectivity index (χ0v) is 22.0. The van der Waals surface area contributed by atoms with Crippen LogP contribution in [0.3, 0.4) is 0 Å². The molecule has 2 saturated heterocycles. The number of unbranched alkanes of at least 4 members (excludes halogenated alkanes) is 2. The Labute approximate surface area is 227 Å². The van der Waals surface area contributed by atoms with Crippen molar-refractivity contribution in [2.45, 2.75) is 38.7 Å². The van der Waals surface area contributed by atoms with Crippen molar-refractivity contribution in [2.75, 3.05) is 49.1 Å². The third-order valence-electron chi connectivity index (χ3n) is 6.69. The number of carbonyl (C=O) groups is 3. The van der Waals surface area contributed by atoms with Crippen molar-refractivity contribution in [3.63, 3.8) is 0 Å². The third-order valence-corrected chi connectivity index (χ3v) is 6.69. The van der Waals surface area contributed by atoms with Crippen LogP contribution in [-0.2, 0) is 14.3 Å². The number of nitrogens with zero attached hydrogens (tertiary/aromatic N) is 3. The molecule has 39 heavy (non-hydrogen) atoms. The second-order valence-corrected chi connectivity index (χ2v) is 9.62. The number of rotatable bonds is 8. The number of phenolic OH excluding ortho intramolecular Hbond substituents is 1. The number of anilines is 2. The lowest BCUT2D eigenvalue weighted by Crippen LogP contribution is -2.49. The van der Waals surface area contributed by atoms with E-state index in [1.165, 1.54) is 17.9 Å². The predicted octanol–water partition coefficient (Wildman–Crippen LogP) is 3.25. The van der Waals surface area contributed by atoms with Gasteiger partial charge in [-0.1, -0.05) is 17.9 Å². The van der Waals surface area contributed by atoms with Gasteiger partial charge in [0, 0.05) is 51.5 Å². The first kappa shape index (κ1) is 27.8. The summed E-state index contributed by atoms with van der Waals surface area (Å²) in [6.07, 6.45) is 1.62. The van der Waals surface area contributed by atoms with Crippen molar-refractivity contribution in [1.82, 2.24) is 10.2 Å². The molecule has 0 saturated carbocycles.